The topological polar surface area (TPSA) is 161 Å². The summed E-state index contributed by atoms with van der Waals surface area (Å²) in [6.45, 7) is 6.65. The average molecular weight is 1030 g/mol. The Balaban J connectivity index is 0.000000171. The number of benzene rings is 4. The number of aromatic nitrogens is 4. The minimum Gasteiger partial charge on any atom is -0.495 e. The van der Waals surface area contributed by atoms with Crippen LogP contribution in [0.25, 0.3) is 44.1 Å². The van der Waals surface area contributed by atoms with Crippen molar-refractivity contribution < 1.29 is 28.5 Å². The lowest BCUT2D eigenvalue weighted by molar-refractivity contribution is -0.117. The zero-order chi connectivity index (χ0) is 49.3. The van der Waals surface area contributed by atoms with Crippen molar-refractivity contribution in [2.75, 3.05) is 28.4 Å². The van der Waals surface area contributed by atoms with Crippen molar-refractivity contribution in [2.45, 2.75) is 50.6 Å². The molecule has 12 nitrogen and oxygen atoms in total. The van der Waals surface area contributed by atoms with Crippen LogP contribution in [-0.4, -0.2) is 71.6 Å². The van der Waals surface area contributed by atoms with Gasteiger partial charge in [0.25, 0.3) is 0 Å². The Morgan fingerprint density at radius 1 is 0.652 bits per heavy atom. The monoisotopic (exact) mass is 1030 g/mol. The summed E-state index contributed by atoms with van der Waals surface area (Å²) in [5.74, 6) is 7.33. The van der Waals surface area contributed by atoms with E-state index in [9.17, 15) is 9.59 Å². The molecule has 4 aliphatic rings. The fourth-order valence-electron chi connectivity index (χ4n) is 10.1. The lowest BCUT2D eigenvalue weighted by atomic mass is 9.94. The fourth-order valence-corrected chi connectivity index (χ4v) is 11.6. The van der Waals surface area contributed by atoms with Gasteiger partial charge in [0, 0.05) is 71.4 Å². The molecule has 3 N–H and O–H groups in total. The number of amides is 1. The standard InChI is InChI=1S/C26H25Cl2N3O3.C23H23Cl2N3O2.C3H3ClO/c1-4-23(32)31-19-9-14-8-16(14)17(19)10-22-29-12-15-7-13(5-6-18(15)30-22)24-25(27)20(33-2)11-21(34-3)26(24)28;1-29-18-9-19(30-2)23(25)21(22(18)24)11-3-4-17-13(5-11)10-27-20(28-17)8-15-14-6-12(14)7-16(15)26;1-2-3(4)5/h4-7,11-12,14,16-17,19H,1,8-10H2,2-3H3,(H,31,32);3-5,9-10,12,14-16H,6-8,26H2,1-2H3;2H,1H2/t14-,16-,17+,19-;12-,14-,15+,16-;/m00./s1. The van der Waals surface area contributed by atoms with E-state index in [1.54, 1.807) is 40.6 Å². The number of nitrogens with one attached hydrogen (secondary N) is 1. The van der Waals surface area contributed by atoms with Crippen LogP contribution in [0.2, 0.25) is 20.1 Å². The van der Waals surface area contributed by atoms with Crippen LogP contribution in [-0.2, 0) is 22.4 Å². The first-order valence-corrected chi connectivity index (χ1v) is 24.3. The van der Waals surface area contributed by atoms with Crippen LogP contribution in [0.3, 0.4) is 0 Å². The molecule has 2 heterocycles. The Labute approximate surface area is 425 Å². The third kappa shape index (κ3) is 10.8. The zero-order valence-electron chi connectivity index (χ0n) is 38.4. The van der Waals surface area contributed by atoms with E-state index in [1.165, 1.54) is 18.9 Å². The summed E-state index contributed by atoms with van der Waals surface area (Å²) in [4.78, 5) is 40.2. The molecule has 4 saturated carbocycles. The van der Waals surface area contributed by atoms with Crippen LogP contribution in [0.5, 0.6) is 23.0 Å². The van der Waals surface area contributed by atoms with Gasteiger partial charge < -0.3 is 30.0 Å². The quantitative estimate of drug-likeness (QED) is 0.0837. The maximum atomic E-state index is 11.8. The molecular weight excluding hydrogens is 982 g/mol. The molecular formula is C52H51Cl5N6O6. The number of carbonyl (C=O) groups is 2. The number of nitrogens with zero attached hydrogens (tertiary/aromatic N) is 4. The Morgan fingerprint density at radius 2 is 1.07 bits per heavy atom. The second kappa shape index (κ2) is 21.4. The first kappa shape index (κ1) is 50.2. The van der Waals surface area contributed by atoms with Gasteiger partial charge in [0.15, 0.2) is 0 Å². The first-order valence-electron chi connectivity index (χ1n) is 22.4. The molecule has 8 atom stereocenters. The molecule has 0 unspecified atom stereocenters. The number of ether oxygens (including phenoxy) is 4. The highest BCUT2D eigenvalue weighted by Gasteiger charge is 2.54. The summed E-state index contributed by atoms with van der Waals surface area (Å²) >= 11 is 31.0. The van der Waals surface area contributed by atoms with Crippen LogP contribution in [0.4, 0.5) is 0 Å². The second-order valence-corrected chi connectivity index (χ2v) is 19.6. The Morgan fingerprint density at radius 3 is 1.46 bits per heavy atom. The minimum absolute atomic E-state index is 0.116. The summed E-state index contributed by atoms with van der Waals surface area (Å²) in [6.07, 6.45) is 12.4. The molecule has 10 rings (SSSR count). The van der Waals surface area contributed by atoms with E-state index < -0.39 is 5.24 Å². The van der Waals surface area contributed by atoms with Gasteiger partial charge in [-0.05, 0) is 120 Å². The van der Waals surface area contributed by atoms with Gasteiger partial charge in [-0.3, -0.25) is 9.59 Å². The van der Waals surface area contributed by atoms with Gasteiger partial charge in [0.1, 0.15) is 34.6 Å². The van der Waals surface area contributed by atoms with Gasteiger partial charge in [0.05, 0.1) is 59.6 Å². The molecule has 6 aromatic rings. The van der Waals surface area contributed by atoms with Crippen molar-refractivity contribution in [1.82, 2.24) is 25.3 Å². The molecule has 4 aromatic carbocycles. The van der Waals surface area contributed by atoms with Crippen LogP contribution in [0, 0.1) is 35.5 Å². The van der Waals surface area contributed by atoms with Crippen molar-refractivity contribution in [3.05, 3.63) is 118 Å². The summed E-state index contributed by atoms with van der Waals surface area (Å²) in [5, 5.41) is 6.09. The first-order chi connectivity index (χ1) is 33.2. The smallest absolute Gasteiger partial charge is 0.244 e. The number of allylic oxidation sites excluding steroid dienone is 1. The van der Waals surface area contributed by atoms with Gasteiger partial charge in [0.2, 0.25) is 11.1 Å². The predicted molar refractivity (Wildman–Crippen MR) is 274 cm³/mol. The summed E-state index contributed by atoms with van der Waals surface area (Å²) in [5.41, 5.74) is 11.0. The average Bonchev–Trinajstić information content (AvgIpc) is 4.25. The van der Waals surface area contributed by atoms with E-state index in [1.807, 2.05) is 48.8 Å². The van der Waals surface area contributed by atoms with Crippen molar-refractivity contribution in [3.63, 3.8) is 0 Å². The SMILES string of the molecule is C=CC(=O)Cl.C=CC(=O)N[C@H]1C[C@@H]2C[C@@H]2[C@H]1Cc1ncc2cc(-c3c(Cl)c(OC)cc(OC)c3Cl)ccc2n1.COc1cc(OC)c(Cl)c(-c2ccc3nc(C[C@@H]4[C@H]5C[C@H]5C[C@@H]4N)ncc3c2)c1Cl. The van der Waals surface area contributed by atoms with Gasteiger partial charge in [-0.25, -0.2) is 19.9 Å². The molecule has 0 saturated heterocycles. The maximum Gasteiger partial charge on any atom is 0.244 e. The van der Waals surface area contributed by atoms with E-state index in [0.29, 0.717) is 77.9 Å². The van der Waals surface area contributed by atoms with Crippen molar-refractivity contribution in [1.29, 1.82) is 0 Å². The van der Waals surface area contributed by atoms with Crippen LogP contribution in [0.15, 0.2) is 86.2 Å². The molecule has 69 heavy (non-hydrogen) atoms. The number of nitrogens with two attached hydrogens (primary N) is 1. The summed E-state index contributed by atoms with van der Waals surface area (Å²) < 4.78 is 21.6. The molecule has 2 aromatic heterocycles. The zero-order valence-corrected chi connectivity index (χ0v) is 42.2. The molecule has 0 spiro atoms. The normalized spacial score (nSPS) is 22.5. The van der Waals surface area contributed by atoms with E-state index in [0.717, 1.165) is 88.2 Å². The molecule has 0 bridgehead atoms. The molecule has 4 fully saturated rings. The van der Waals surface area contributed by atoms with E-state index in [-0.39, 0.29) is 18.0 Å². The van der Waals surface area contributed by atoms with Crippen LogP contribution in [0.1, 0.15) is 37.3 Å². The highest BCUT2D eigenvalue weighted by atomic mass is 35.5. The predicted octanol–water partition coefficient (Wildman–Crippen LogP) is 11.6. The molecule has 0 radical (unpaired) electrons. The Hall–Kier alpha value is -5.21. The number of halogens is 5. The third-order valence-electron chi connectivity index (χ3n) is 13.7. The lowest BCUT2D eigenvalue weighted by Crippen LogP contribution is -2.39. The van der Waals surface area contributed by atoms with Gasteiger partial charge in [-0.2, -0.15) is 0 Å². The van der Waals surface area contributed by atoms with Gasteiger partial charge in [-0.1, -0.05) is 71.7 Å². The number of methoxy groups -OCH3 is 4. The molecule has 0 aliphatic heterocycles. The number of rotatable bonds is 13. The highest BCUT2D eigenvalue weighted by molar-refractivity contribution is 6.66. The molecule has 17 heteroatoms. The Bertz CT molecular complexity index is 2920. The van der Waals surface area contributed by atoms with E-state index in [4.69, 9.17) is 92.7 Å². The van der Waals surface area contributed by atoms with Crippen LogP contribution >= 0.6 is 58.0 Å². The third-order valence-corrected chi connectivity index (χ3v) is 15.4. The lowest BCUT2D eigenvalue weighted by Gasteiger charge is -2.22. The molecule has 360 valence electrons. The number of hydrogen-bond donors (Lipinski definition) is 2. The van der Waals surface area contributed by atoms with Gasteiger partial charge >= 0.3 is 0 Å². The van der Waals surface area contributed by atoms with E-state index in [2.05, 4.69) is 28.4 Å². The summed E-state index contributed by atoms with van der Waals surface area (Å²) in [7, 11) is 6.23. The molecule has 4 aliphatic carbocycles. The fraction of sp³-hybridized carbons (Fsp3) is 0.346. The summed E-state index contributed by atoms with van der Waals surface area (Å²) in [6, 6.07) is 15.6. The number of hydrogen-bond acceptors (Lipinski definition) is 11. The van der Waals surface area contributed by atoms with Gasteiger partial charge in [-0.15, -0.1) is 0 Å². The largest absolute Gasteiger partial charge is 0.495 e. The molecule has 1 amide bonds. The van der Waals surface area contributed by atoms with Crippen molar-refractivity contribution >= 4 is 91.0 Å². The second-order valence-electron chi connectivity index (χ2n) is 17.7. The minimum atomic E-state index is -0.509. The van der Waals surface area contributed by atoms with Crippen LogP contribution < -0.4 is 30.0 Å². The highest BCUT2D eigenvalue weighted by Crippen LogP contribution is 2.57. The number of carbonyl (C=O) groups excluding carboxylic acids is 2. The van der Waals surface area contributed by atoms with E-state index >= 15 is 0 Å². The van der Waals surface area contributed by atoms with Crippen molar-refractivity contribution in [2.24, 2.45) is 41.2 Å². The van der Waals surface area contributed by atoms with Crippen molar-refractivity contribution in [3.8, 4) is 45.3 Å². The maximum absolute atomic E-state index is 11.8. The number of fused-ring (bicyclic) bond motifs is 4. The Kier molecular flexibility index (Phi) is 15.6.